The largest absolute Gasteiger partial charge is 0.387 e. The number of hydrogen-bond donors (Lipinski definition) is 1. The molecule has 2 aromatic heterocycles. The molecule has 2 heterocycles. The zero-order chi connectivity index (χ0) is 11.5. The van der Waals surface area contributed by atoms with Crippen LogP contribution < -0.4 is 0 Å². The predicted octanol–water partition coefficient (Wildman–Crippen LogP) is 2.14. The van der Waals surface area contributed by atoms with Crippen LogP contribution in [0.3, 0.4) is 0 Å². The summed E-state index contributed by atoms with van der Waals surface area (Å²) < 4.78 is 3.87. The number of thiazole rings is 1. The van der Waals surface area contributed by atoms with Crippen LogP contribution in [0.1, 0.15) is 34.3 Å². The standard InChI is InChI=1S/C10H13N3OS2/c1-3-8-10(16-13-12-8)9(14)4-7-5-15-6(2)11-7/h5,9,14H,3-4H2,1-2H3. The molecule has 86 valence electrons. The molecule has 16 heavy (non-hydrogen) atoms. The first-order valence-corrected chi connectivity index (χ1v) is 6.76. The van der Waals surface area contributed by atoms with Gasteiger partial charge >= 0.3 is 0 Å². The van der Waals surface area contributed by atoms with Crippen LogP contribution in [-0.4, -0.2) is 19.7 Å². The lowest BCUT2D eigenvalue weighted by Gasteiger charge is -2.06. The van der Waals surface area contributed by atoms with Gasteiger partial charge in [0.25, 0.3) is 0 Å². The van der Waals surface area contributed by atoms with Gasteiger partial charge in [0.1, 0.15) is 0 Å². The third-order valence-electron chi connectivity index (χ3n) is 2.29. The molecule has 0 radical (unpaired) electrons. The van der Waals surface area contributed by atoms with Gasteiger partial charge in [0.2, 0.25) is 0 Å². The highest BCUT2D eigenvalue weighted by Gasteiger charge is 2.17. The van der Waals surface area contributed by atoms with Crippen molar-refractivity contribution in [1.29, 1.82) is 0 Å². The number of rotatable bonds is 4. The van der Waals surface area contributed by atoms with Gasteiger partial charge in [-0.25, -0.2) is 4.98 Å². The summed E-state index contributed by atoms with van der Waals surface area (Å²) in [5.41, 5.74) is 1.83. The van der Waals surface area contributed by atoms with Gasteiger partial charge in [0, 0.05) is 11.8 Å². The molecule has 0 aliphatic rings. The fraction of sp³-hybridized carbons (Fsp3) is 0.500. The molecule has 0 aliphatic heterocycles. The minimum atomic E-state index is -0.531. The Morgan fingerprint density at radius 3 is 2.94 bits per heavy atom. The van der Waals surface area contributed by atoms with Gasteiger partial charge in [-0.05, 0) is 24.9 Å². The second-order valence-corrected chi connectivity index (χ2v) is 5.36. The quantitative estimate of drug-likeness (QED) is 0.909. The van der Waals surface area contributed by atoms with Crippen molar-refractivity contribution in [3.63, 3.8) is 0 Å². The van der Waals surface area contributed by atoms with E-state index in [1.807, 2.05) is 19.2 Å². The van der Waals surface area contributed by atoms with Gasteiger partial charge < -0.3 is 5.11 Å². The lowest BCUT2D eigenvalue weighted by atomic mass is 10.1. The van der Waals surface area contributed by atoms with E-state index in [2.05, 4.69) is 14.6 Å². The van der Waals surface area contributed by atoms with Gasteiger partial charge in [-0.15, -0.1) is 16.4 Å². The Bertz CT molecular complexity index is 466. The van der Waals surface area contributed by atoms with E-state index in [1.165, 1.54) is 11.5 Å². The monoisotopic (exact) mass is 255 g/mol. The SMILES string of the molecule is CCc1nnsc1C(O)Cc1csc(C)n1. The number of hydrogen-bond acceptors (Lipinski definition) is 6. The van der Waals surface area contributed by atoms with Crippen molar-refractivity contribution in [3.05, 3.63) is 26.7 Å². The average molecular weight is 255 g/mol. The third-order valence-corrected chi connectivity index (χ3v) is 3.98. The molecule has 0 amide bonds. The Morgan fingerprint density at radius 1 is 1.50 bits per heavy atom. The van der Waals surface area contributed by atoms with Gasteiger partial charge in [0.15, 0.2) is 0 Å². The zero-order valence-corrected chi connectivity index (χ0v) is 10.8. The fourth-order valence-corrected chi connectivity index (χ4v) is 2.85. The number of aromatic nitrogens is 3. The summed E-state index contributed by atoms with van der Waals surface area (Å²) in [6, 6.07) is 0. The number of nitrogens with zero attached hydrogens (tertiary/aromatic N) is 3. The maximum Gasteiger partial charge on any atom is 0.0972 e. The van der Waals surface area contributed by atoms with Crippen molar-refractivity contribution in [2.24, 2.45) is 0 Å². The Kier molecular flexibility index (Phi) is 3.63. The topological polar surface area (TPSA) is 58.9 Å². The summed E-state index contributed by atoms with van der Waals surface area (Å²) in [5.74, 6) is 0. The molecule has 0 fully saturated rings. The fourth-order valence-electron chi connectivity index (χ4n) is 1.51. The Labute approximate surface area is 102 Å². The van der Waals surface area contributed by atoms with Crippen LogP contribution in [0.25, 0.3) is 0 Å². The molecule has 2 aromatic rings. The zero-order valence-electron chi connectivity index (χ0n) is 9.17. The minimum absolute atomic E-state index is 0.531. The van der Waals surface area contributed by atoms with Crippen molar-refractivity contribution in [1.82, 2.24) is 14.6 Å². The molecule has 4 nitrogen and oxygen atoms in total. The first kappa shape index (κ1) is 11.6. The summed E-state index contributed by atoms with van der Waals surface area (Å²) in [6.45, 7) is 3.98. The number of aliphatic hydroxyl groups is 1. The molecule has 0 saturated carbocycles. The maximum absolute atomic E-state index is 10.1. The van der Waals surface area contributed by atoms with Gasteiger partial charge in [-0.2, -0.15) is 0 Å². The molecular weight excluding hydrogens is 242 g/mol. The van der Waals surface area contributed by atoms with E-state index in [4.69, 9.17) is 0 Å². The van der Waals surface area contributed by atoms with Crippen molar-refractivity contribution in [3.8, 4) is 0 Å². The summed E-state index contributed by atoms with van der Waals surface area (Å²) in [4.78, 5) is 5.21. The van der Waals surface area contributed by atoms with E-state index in [0.717, 1.165) is 27.7 Å². The molecule has 0 bridgehead atoms. The van der Waals surface area contributed by atoms with Crippen LogP contribution in [0.15, 0.2) is 5.38 Å². The molecule has 0 aliphatic carbocycles. The second kappa shape index (κ2) is 4.99. The lowest BCUT2D eigenvalue weighted by Crippen LogP contribution is -2.03. The summed E-state index contributed by atoms with van der Waals surface area (Å²) in [7, 11) is 0. The van der Waals surface area contributed by atoms with Crippen molar-refractivity contribution >= 4 is 22.9 Å². The Balaban J connectivity index is 2.11. The van der Waals surface area contributed by atoms with Crippen LogP contribution in [0.4, 0.5) is 0 Å². The normalized spacial score (nSPS) is 12.9. The van der Waals surface area contributed by atoms with Crippen LogP contribution in [0, 0.1) is 6.92 Å². The highest BCUT2D eigenvalue weighted by molar-refractivity contribution is 7.09. The molecule has 2 rings (SSSR count). The molecule has 1 atom stereocenters. The van der Waals surface area contributed by atoms with Crippen LogP contribution >= 0.6 is 22.9 Å². The highest BCUT2D eigenvalue weighted by Crippen LogP contribution is 2.24. The van der Waals surface area contributed by atoms with Gasteiger partial charge in [-0.3, -0.25) is 0 Å². The molecule has 0 spiro atoms. The molecule has 0 saturated heterocycles. The van der Waals surface area contributed by atoms with Crippen molar-refractivity contribution < 1.29 is 5.11 Å². The van der Waals surface area contributed by atoms with Crippen LogP contribution in [-0.2, 0) is 12.8 Å². The van der Waals surface area contributed by atoms with Crippen LogP contribution in [0.2, 0.25) is 0 Å². The Hall–Kier alpha value is -0.850. The molecule has 6 heteroatoms. The van der Waals surface area contributed by atoms with Gasteiger partial charge in [-0.1, -0.05) is 11.4 Å². The molecule has 1 N–H and O–H groups in total. The summed E-state index contributed by atoms with van der Waals surface area (Å²) in [6.07, 6.45) is 0.816. The first-order chi connectivity index (χ1) is 7.70. The first-order valence-electron chi connectivity index (χ1n) is 5.11. The Morgan fingerprint density at radius 2 is 2.31 bits per heavy atom. The maximum atomic E-state index is 10.1. The molecule has 0 aromatic carbocycles. The highest BCUT2D eigenvalue weighted by atomic mass is 32.1. The summed E-state index contributed by atoms with van der Waals surface area (Å²) >= 11 is 2.88. The van der Waals surface area contributed by atoms with Crippen molar-refractivity contribution in [2.45, 2.75) is 32.8 Å². The lowest BCUT2D eigenvalue weighted by molar-refractivity contribution is 0.180. The van der Waals surface area contributed by atoms with Gasteiger partial charge in [0.05, 0.1) is 27.4 Å². The van der Waals surface area contributed by atoms with Crippen LogP contribution in [0.5, 0.6) is 0 Å². The van der Waals surface area contributed by atoms with E-state index >= 15 is 0 Å². The average Bonchev–Trinajstić information content (AvgIpc) is 2.86. The van der Waals surface area contributed by atoms with E-state index in [1.54, 1.807) is 11.3 Å². The van der Waals surface area contributed by atoms with E-state index in [-0.39, 0.29) is 0 Å². The molecule has 1 unspecified atom stereocenters. The summed E-state index contributed by atoms with van der Waals surface area (Å²) in [5, 5.41) is 17.1. The third kappa shape index (κ3) is 2.45. The van der Waals surface area contributed by atoms with E-state index < -0.39 is 6.10 Å². The van der Waals surface area contributed by atoms with E-state index in [0.29, 0.717) is 6.42 Å². The smallest absolute Gasteiger partial charge is 0.0972 e. The number of aryl methyl sites for hydroxylation is 2. The second-order valence-electron chi connectivity index (χ2n) is 3.52. The number of aliphatic hydroxyl groups excluding tert-OH is 1. The predicted molar refractivity (Wildman–Crippen MR) is 64.8 cm³/mol. The minimum Gasteiger partial charge on any atom is -0.387 e. The van der Waals surface area contributed by atoms with Crippen molar-refractivity contribution in [2.75, 3.05) is 0 Å². The van der Waals surface area contributed by atoms with E-state index in [9.17, 15) is 5.11 Å². The molecular formula is C10H13N3OS2.